The Hall–Kier alpha value is -0.550. The molecule has 4 heteroatoms. The Bertz CT molecular complexity index is 386. The second kappa shape index (κ2) is 7.90. The number of nitrogens with one attached hydrogen (secondary N) is 1. The topological polar surface area (TPSA) is 41.5 Å². The Morgan fingerprint density at radius 3 is 3.16 bits per heavy atom. The van der Waals surface area contributed by atoms with E-state index in [1.807, 2.05) is 11.8 Å². The molecule has 0 saturated heterocycles. The van der Waals surface area contributed by atoms with Crippen LogP contribution < -0.4 is 5.32 Å². The second-order valence-electron chi connectivity index (χ2n) is 4.93. The third-order valence-corrected chi connectivity index (χ3v) is 4.52. The zero-order valence-corrected chi connectivity index (χ0v) is 12.3. The highest BCUT2D eigenvalue weighted by atomic mass is 32.2. The number of fused-ring (bicyclic) bond motifs is 1. The molecule has 1 aromatic carbocycles. The van der Waals surface area contributed by atoms with Crippen molar-refractivity contribution in [3.05, 3.63) is 35.4 Å². The summed E-state index contributed by atoms with van der Waals surface area (Å²) >= 11 is 2.00. The average Bonchev–Trinajstić information content (AvgIpc) is 2.62. The van der Waals surface area contributed by atoms with Gasteiger partial charge in [0.2, 0.25) is 0 Å². The standard InChI is InChI=1S/C15H23NO2S/c1-18-10-13(17)6-8-16-15-11-19-9-7-12-4-2-3-5-14(12)15/h2-5,13,15-17H,6-11H2,1H3. The monoisotopic (exact) mass is 281 g/mol. The normalized spacial score (nSPS) is 20.6. The first-order chi connectivity index (χ1) is 9.31. The van der Waals surface area contributed by atoms with Crippen LogP contribution in [0, 0.1) is 0 Å². The van der Waals surface area contributed by atoms with Gasteiger partial charge in [-0.15, -0.1) is 0 Å². The summed E-state index contributed by atoms with van der Waals surface area (Å²) in [6.07, 6.45) is 1.52. The largest absolute Gasteiger partial charge is 0.391 e. The van der Waals surface area contributed by atoms with Gasteiger partial charge in [-0.2, -0.15) is 11.8 Å². The van der Waals surface area contributed by atoms with Crippen LogP contribution in [0.3, 0.4) is 0 Å². The van der Waals surface area contributed by atoms with Crippen molar-refractivity contribution in [3.63, 3.8) is 0 Å². The maximum absolute atomic E-state index is 9.66. The van der Waals surface area contributed by atoms with E-state index in [2.05, 4.69) is 29.6 Å². The summed E-state index contributed by atoms with van der Waals surface area (Å²) in [5, 5.41) is 13.2. The number of ether oxygens (including phenoxy) is 1. The van der Waals surface area contributed by atoms with Gasteiger partial charge in [-0.1, -0.05) is 24.3 Å². The zero-order valence-electron chi connectivity index (χ0n) is 11.5. The molecule has 0 amide bonds. The summed E-state index contributed by atoms with van der Waals surface area (Å²) in [5.41, 5.74) is 2.89. The average molecular weight is 281 g/mol. The van der Waals surface area contributed by atoms with Gasteiger partial charge < -0.3 is 15.2 Å². The van der Waals surface area contributed by atoms with E-state index in [9.17, 15) is 5.11 Å². The Morgan fingerprint density at radius 1 is 1.47 bits per heavy atom. The number of methoxy groups -OCH3 is 1. The Labute approximate surface area is 119 Å². The van der Waals surface area contributed by atoms with Gasteiger partial charge in [-0.05, 0) is 36.3 Å². The van der Waals surface area contributed by atoms with Crippen LogP contribution in [0.1, 0.15) is 23.6 Å². The number of benzene rings is 1. The number of hydrogen-bond acceptors (Lipinski definition) is 4. The lowest BCUT2D eigenvalue weighted by Crippen LogP contribution is -2.28. The number of aryl methyl sites for hydroxylation is 1. The fourth-order valence-corrected chi connectivity index (χ4v) is 3.51. The molecule has 0 fully saturated rings. The van der Waals surface area contributed by atoms with Crippen molar-refractivity contribution in [2.24, 2.45) is 0 Å². The Morgan fingerprint density at radius 2 is 2.32 bits per heavy atom. The van der Waals surface area contributed by atoms with Crippen molar-refractivity contribution in [2.45, 2.75) is 25.0 Å². The first-order valence-corrected chi connectivity index (χ1v) is 8.02. The number of hydrogen-bond donors (Lipinski definition) is 2. The molecule has 0 aromatic heterocycles. The van der Waals surface area contributed by atoms with Crippen molar-refractivity contribution in [1.29, 1.82) is 0 Å². The number of thioether (sulfide) groups is 1. The Balaban J connectivity index is 1.89. The number of rotatable bonds is 6. The molecule has 0 bridgehead atoms. The van der Waals surface area contributed by atoms with Gasteiger partial charge in [0.1, 0.15) is 0 Å². The van der Waals surface area contributed by atoms with Crippen LogP contribution in [0.15, 0.2) is 24.3 Å². The van der Waals surface area contributed by atoms with Crippen molar-refractivity contribution < 1.29 is 9.84 Å². The zero-order chi connectivity index (χ0) is 13.5. The highest BCUT2D eigenvalue weighted by Crippen LogP contribution is 2.27. The lowest BCUT2D eigenvalue weighted by molar-refractivity contribution is 0.0591. The van der Waals surface area contributed by atoms with Gasteiger partial charge in [-0.3, -0.25) is 0 Å². The molecule has 1 aliphatic heterocycles. The summed E-state index contributed by atoms with van der Waals surface area (Å²) in [6, 6.07) is 9.09. The molecule has 1 aliphatic rings. The van der Waals surface area contributed by atoms with Crippen LogP contribution in [0.5, 0.6) is 0 Å². The quantitative estimate of drug-likeness (QED) is 0.837. The third kappa shape index (κ3) is 4.49. The Kier molecular flexibility index (Phi) is 6.17. The molecule has 2 rings (SSSR count). The molecule has 1 heterocycles. The molecule has 2 atom stereocenters. The van der Waals surface area contributed by atoms with Gasteiger partial charge in [-0.25, -0.2) is 0 Å². The van der Waals surface area contributed by atoms with Gasteiger partial charge >= 0.3 is 0 Å². The molecule has 0 radical (unpaired) electrons. The molecular formula is C15H23NO2S. The van der Waals surface area contributed by atoms with Crippen LogP contribution >= 0.6 is 11.8 Å². The maximum atomic E-state index is 9.66. The first-order valence-electron chi connectivity index (χ1n) is 6.87. The van der Waals surface area contributed by atoms with Gasteiger partial charge in [0.25, 0.3) is 0 Å². The summed E-state index contributed by atoms with van der Waals surface area (Å²) in [5.74, 6) is 2.30. The van der Waals surface area contributed by atoms with Crippen LogP contribution in [0.4, 0.5) is 0 Å². The summed E-state index contributed by atoms with van der Waals surface area (Å²) < 4.78 is 4.94. The number of aliphatic hydroxyl groups excluding tert-OH is 1. The molecular weight excluding hydrogens is 258 g/mol. The molecule has 0 spiro atoms. The molecule has 3 nitrogen and oxygen atoms in total. The van der Waals surface area contributed by atoms with Crippen molar-refractivity contribution in [1.82, 2.24) is 5.32 Å². The minimum absolute atomic E-state index is 0.369. The van der Waals surface area contributed by atoms with Crippen molar-refractivity contribution in [3.8, 4) is 0 Å². The molecule has 19 heavy (non-hydrogen) atoms. The van der Waals surface area contributed by atoms with Gasteiger partial charge in [0.15, 0.2) is 0 Å². The number of aliphatic hydroxyl groups is 1. The molecule has 2 unspecified atom stereocenters. The molecule has 2 N–H and O–H groups in total. The van der Waals surface area contributed by atoms with E-state index < -0.39 is 0 Å². The van der Waals surface area contributed by atoms with E-state index in [4.69, 9.17) is 4.74 Å². The van der Waals surface area contributed by atoms with Crippen molar-refractivity contribution in [2.75, 3.05) is 31.8 Å². The predicted octanol–water partition coefficient (Wildman–Crippen LogP) is 2.00. The van der Waals surface area contributed by atoms with E-state index >= 15 is 0 Å². The van der Waals surface area contributed by atoms with Gasteiger partial charge in [0, 0.05) is 18.9 Å². The van der Waals surface area contributed by atoms with E-state index in [-0.39, 0.29) is 6.10 Å². The van der Waals surface area contributed by atoms with Crippen LogP contribution in [-0.2, 0) is 11.2 Å². The summed E-state index contributed by atoms with van der Waals surface area (Å²) in [4.78, 5) is 0. The summed E-state index contributed by atoms with van der Waals surface area (Å²) in [7, 11) is 1.62. The highest BCUT2D eigenvalue weighted by Gasteiger charge is 2.18. The van der Waals surface area contributed by atoms with E-state index in [1.165, 1.54) is 16.9 Å². The molecule has 1 aromatic rings. The fourth-order valence-electron chi connectivity index (χ4n) is 2.44. The lowest BCUT2D eigenvalue weighted by atomic mass is 9.99. The SMILES string of the molecule is COCC(O)CCNC1CSCCc2ccccc21. The molecule has 106 valence electrons. The van der Waals surface area contributed by atoms with Gasteiger partial charge in [0.05, 0.1) is 12.7 Å². The first kappa shape index (κ1) is 14.9. The second-order valence-corrected chi connectivity index (χ2v) is 6.08. The highest BCUT2D eigenvalue weighted by molar-refractivity contribution is 7.99. The van der Waals surface area contributed by atoms with Crippen molar-refractivity contribution >= 4 is 11.8 Å². The minimum Gasteiger partial charge on any atom is -0.391 e. The van der Waals surface area contributed by atoms with Crippen LogP contribution in [0.25, 0.3) is 0 Å². The smallest absolute Gasteiger partial charge is 0.0785 e. The lowest BCUT2D eigenvalue weighted by Gasteiger charge is -2.20. The fraction of sp³-hybridized carbons (Fsp3) is 0.600. The van der Waals surface area contributed by atoms with Crippen LogP contribution in [0.2, 0.25) is 0 Å². The van der Waals surface area contributed by atoms with E-state index in [0.717, 1.165) is 25.1 Å². The predicted molar refractivity (Wildman–Crippen MR) is 80.7 cm³/mol. The third-order valence-electron chi connectivity index (χ3n) is 3.46. The van der Waals surface area contributed by atoms with E-state index in [0.29, 0.717) is 12.6 Å². The van der Waals surface area contributed by atoms with Crippen LogP contribution in [-0.4, -0.2) is 43.0 Å². The van der Waals surface area contributed by atoms with E-state index in [1.54, 1.807) is 7.11 Å². The molecule has 0 aliphatic carbocycles. The summed E-state index contributed by atoms with van der Waals surface area (Å²) in [6.45, 7) is 1.24. The maximum Gasteiger partial charge on any atom is 0.0785 e. The minimum atomic E-state index is -0.369. The molecule has 0 saturated carbocycles.